The van der Waals surface area contributed by atoms with E-state index in [4.69, 9.17) is 19.2 Å². The first-order valence-electron chi connectivity index (χ1n) is 10.7. The fourth-order valence-electron chi connectivity index (χ4n) is 3.90. The summed E-state index contributed by atoms with van der Waals surface area (Å²) in [7, 11) is 3.31. The molecule has 0 aromatic heterocycles. The molecule has 2 N–H and O–H groups in total. The molecule has 2 unspecified atom stereocenters. The predicted molar refractivity (Wildman–Crippen MR) is 119 cm³/mol. The Morgan fingerprint density at radius 1 is 1.17 bits per heavy atom. The number of hydrogen-bond donors (Lipinski definition) is 2. The van der Waals surface area contributed by atoms with Crippen LogP contribution in [0.2, 0.25) is 0 Å². The molecular formula is C23H39N3O3. The van der Waals surface area contributed by atoms with Gasteiger partial charge in [-0.3, -0.25) is 4.99 Å². The molecule has 0 amide bonds. The van der Waals surface area contributed by atoms with Gasteiger partial charge in [0.15, 0.2) is 17.5 Å². The fraction of sp³-hybridized carbons (Fsp3) is 0.696. The Balaban J connectivity index is 1.93. The first kappa shape index (κ1) is 23.3. The second-order valence-corrected chi connectivity index (χ2v) is 8.65. The molecule has 2 atom stereocenters. The molecule has 2 rings (SSSR count). The lowest BCUT2D eigenvalue weighted by Gasteiger charge is -2.39. The molecule has 0 bridgehead atoms. The number of ether oxygens (including phenoxy) is 3. The third-order valence-electron chi connectivity index (χ3n) is 5.28. The Bertz CT molecular complexity index is 655. The highest BCUT2D eigenvalue weighted by Gasteiger charge is 2.35. The topological polar surface area (TPSA) is 64.1 Å². The molecule has 6 heteroatoms. The number of benzene rings is 1. The highest BCUT2D eigenvalue weighted by atomic mass is 16.5. The van der Waals surface area contributed by atoms with Crippen LogP contribution in [0, 0.1) is 11.3 Å². The first-order chi connectivity index (χ1) is 13.9. The normalized spacial score (nSPS) is 20.3. The lowest BCUT2D eigenvalue weighted by atomic mass is 9.78. The number of methoxy groups -OCH3 is 2. The van der Waals surface area contributed by atoms with E-state index in [0.29, 0.717) is 5.92 Å². The van der Waals surface area contributed by atoms with E-state index >= 15 is 0 Å². The van der Waals surface area contributed by atoms with Crippen LogP contribution >= 0.6 is 0 Å². The molecule has 6 nitrogen and oxygen atoms in total. The van der Waals surface area contributed by atoms with Gasteiger partial charge in [-0.2, -0.15) is 0 Å². The number of aliphatic imine (C=N–C) groups is 1. The summed E-state index contributed by atoms with van der Waals surface area (Å²) in [5.74, 6) is 2.84. The molecule has 1 aliphatic heterocycles. The fourth-order valence-corrected chi connectivity index (χ4v) is 3.90. The van der Waals surface area contributed by atoms with Gasteiger partial charge in [0, 0.05) is 32.2 Å². The average Bonchev–Trinajstić information content (AvgIpc) is 2.71. The molecule has 164 valence electrons. The summed E-state index contributed by atoms with van der Waals surface area (Å²) in [6, 6.07) is 6.04. The van der Waals surface area contributed by atoms with Gasteiger partial charge in [0.1, 0.15) is 0 Å². The maximum Gasteiger partial charge on any atom is 0.191 e. The largest absolute Gasteiger partial charge is 0.493 e. The van der Waals surface area contributed by atoms with Gasteiger partial charge in [-0.1, -0.05) is 26.8 Å². The number of rotatable bonds is 8. The minimum atomic E-state index is 0.139. The SMILES string of the molecule is CCNC(=NCC1CCCOC1C(C)(C)C)NCCc1ccc(OC)c(OC)c1. The van der Waals surface area contributed by atoms with Crippen LogP contribution in [0.15, 0.2) is 23.2 Å². The van der Waals surface area contributed by atoms with Gasteiger partial charge in [-0.15, -0.1) is 0 Å². The summed E-state index contributed by atoms with van der Waals surface area (Å²) < 4.78 is 16.8. The molecule has 0 spiro atoms. The molecule has 1 saturated heterocycles. The van der Waals surface area contributed by atoms with E-state index in [0.717, 1.165) is 56.5 Å². The standard InChI is InChI=1S/C23H39N3O3/c1-7-24-22(26-16-18-9-8-14-29-21(18)23(2,3)4)25-13-12-17-10-11-19(27-5)20(15-17)28-6/h10-11,15,18,21H,7-9,12-14,16H2,1-6H3,(H2,24,25,26). The Kier molecular flexibility index (Phi) is 9.08. The van der Waals surface area contributed by atoms with Crippen molar-refractivity contribution in [2.24, 2.45) is 16.3 Å². The van der Waals surface area contributed by atoms with Gasteiger partial charge in [-0.25, -0.2) is 0 Å². The molecule has 29 heavy (non-hydrogen) atoms. The van der Waals surface area contributed by atoms with Crippen molar-refractivity contribution in [2.45, 2.75) is 53.1 Å². The van der Waals surface area contributed by atoms with Gasteiger partial charge in [0.2, 0.25) is 0 Å². The van der Waals surface area contributed by atoms with Crippen molar-refractivity contribution in [3.8, 4) is 11.5 Å². The second-order valence-electron chi connectivity index (χ2n) is 8.65. The molecule has 1 aromatic rings. The number of nitrogens with one attached hydrogen (secondary N) is 2. The van der Waals surface area contributed by atoms with Crippen LogP contribution in [0.3, 0.4) is 0 Å². The van der Waals surface area contributed by atoms with Crippen molar-refractivity contribution >= 4 is 5.96 Å². The Labute approximate surface area is 176 Å². The molecule has 0 aliphatic carbocycles. The summed E-state index contributed by atoms with van der Waals surface area (Å²) in [5.41, 5.74) is 1.33. The molecule has 1 heterocycles. The lowest BCUT2D eigenvalue weighted by Crippen LogP contribution is -2.43. The molecule has 0 saturated carbocycles. The van der Waals surface area contributed by atoms with Gasteiger partial charge < -0.3 is 24.8 Å². The van der Waals surface area contributed by atoms with E-state index in [-0.39, 0.29) is 11.5 Å². The summed E-state index contributed by atoms with van der Waals surface area (Å²) in [4.78, 5) is 4.86. The summed E-state index contributed by atoms with van der Waals surface area (Å²) in [5, 5.41) is 6.81. The van der Waals surface area contributed by atoms with Crippen LogP contribution in [0.25, 0.3) is 0 Å². The first-order valence-corrected chi connectivity index (χ1v) is 10.7. The van der Waals surface area contributed by atoms with Crippen molar-refractivity contribution in [3.05, 3.63) is 23.8 Å². The average molecular weight is 406 g/mol. The highest BCUT2D eigenvalue weighted by molar-refractivity contribution is 5.79. The summed E-state index contributed by atoms with van der Waals surface area (Å²) >= 11 is 0. The minimum Gasteiger partial charge on any atom is -0.493 e. The van der Waals surface area contributed by atoms with Crippen LogP contribution in [-0.4, -0.2) is 52.5 Å². The molecular weight excluding hydrogens is 366 g/mol. The van der Waals surface area contributed by atoms with Gasteiger partial charge >= 0.3 is 0 Å². The number of guanidine groups is 1. The third-order valence-corrected chi connectivity index (χ3v) is 5.28. The van der Waals surface area contributed by atoms with E-state index in [1.165, 1.54) is 12.0 Å². The van der Waals surface area contributed by atoms with Gasteiger partial charge in [-0.05, 0) is 49.3 Å². The third kappa shape index (κ3) is 7.11. The number of hydrogen-bond acceptors (Lipinski definition) is 4. The zero-order chi connectivity index (χ0) is 21.3. The lowest BCUT2D eigenvalue weighted by molar-refractivity contribution is -0.0823. The van der Waals surface area contributed by atoms with E-state index in [9.17, 15) is 0 Å². The van der Waals surface area contributed by atoms with Crippen LogP contribution in [0.1, 0.15) is 46.1 Å². The smallest absolute Gasteiger partial charge is 0.191 e. The predicted octanol–water partition coefficient (Wildman–Crippen LogP) is 3.64. The monoisotopic (exact) mass is 405 g/mol. The van der Waals surface area contributed by atoms with Crippen molar-refractivity contribution in [1.29, 1.82) is 0 Å². The minimum absolute atomic E-state index is 0.139. The highest BCUT2D eigenvalue weighted by Crippen LogP contribution is 2.34. The summed E-state index contributed by atoms with van der Waals surface area (Å²) in [6.07, 6.45) is 3.43. The maximum absolute atomic E-state index is 6.09. The Morgan fingerprint density at radius 2 is 1.93 bits per heavy atom. The van der Waals surface area contributed by atoms with Crippen LogP contribution in [-0.2, 0) is 11.2 Å². The zero-order valence-electron chi connectivity index (χ0n) is 19.0. The van der Waals surface area contributed by atoms with Crippen molar-refractivity contribution in [3.63, 3.8) is 0 Å². The van der Waals surface area contributed by atoms with E-state index in [2.05, 4.69) is 44.4 Å². The van der Waals surface area contributed by atoms with Crippen LogP contribution < -0.4 is 20.1 Å². The van der Waals surface area contributed by atoms with Gasteiger partial charge in [0.05, 0.1) is 20.3 Å². The second kappa shape index (κ2) is 11.3. The summed E-state index contributed by atoms with van der Waals surface area (Å²) in [6.45, 7) is 12.1. The van der Waals surface area contributed by atoms with Crippen molar-refractivity contribution in [2.75, 3.05) is 40.5 Å². The van der Waals surface area contributed by atoms with Crippen LogP contribution in [0.5, 0.6) is 11.5 Å². The quantitative estimate of drug-likeness (QED) is 0.511. The zero-order valence-corrected chi connectivity index (χ0v) is 19.0. The Morgan fingerprint density at radius 3 is 2.59 bits per heavy atom. The Hall–Kier alpha value is -1.95. The molecule has 1 fully saturated rings. The van der Waals surface area contributed by atoms with E-state index in [1.807, 2.05) is 12.1 Å². The number of nitrogens with zero attached hydrogens (tertiary/aromatic N) is 1. The molecule has 1 aliphatic rings. The van der Waals surface area contributed by atoms with Crippen molar-refractivity contribution < 1.29 is 14.2 Å². The van der Waals surface area contributed by atoms with Crippen molar-refractivity contribution in [1.82, 2.24) is 10.6 Å². The van der Waals surface area contributed by atoms with Gasteiger partial charge in [0.25, 0.3) is 0 Å². The maximum atomic E-state index is 6.09. The van der Waals surface area contributed by atoms with E-state index in [1.54, 1.807) is 14.2 Å². The molecule has 0 radical (unpaired) electrons. The van der Waals surface area contributed by atoms with E-state index < -0.39 is 0 Å². The van der Waals surface area contributed by atoms with Crippen LogP contribution in [0.4, 0.5) is 0 Å². The molecule has 1 aromatic carbocycles.